The van der Waals surface area contributed by atoms with Gasteiger partial charge in [-0.1, -0.05) is 46.8 Å². The van der Waals surface area contributed by atoms with Crippen molar-refractivity contribution in [3.05, 3.63) is 95.8 Å². The summed E-state index contributed by atoms with van der Waals surface area (Å²) in [5, 5.41) is 17.3. The van der Waals surface area contributed by atoms with Crippen molar-refractivity contribution in [2.24, 2.45) is 11.8 Å². The molecule has 0 saturated heterocycles. The van der Waals surface area contributed by atoms with Crippen LogP contribution in [0, 0.1) is 11.8 Å². The van der Waals surface area contributed by atoms with Gasteiger partial charge in [0, 0.05) is 18.8 Å². The number of hydrogen-bond donors (Lipinski definition) is 2. The zero-order chi connectivity index (χ0) is 25.7. The monoisotopic (exact) mass is 511 g/mol. The maximum absolute atomic E-state index is 5.97. The fraction of sp³-hybridized carbons (Fsp3) is 0.296. The summed E-state index contributed by atoms with van der Waals surface area (Å²) in [5.74, 6) is 2.61. The van der Waals surface area contributed by atoms with Gasteiger partial charge in [-0.15, -0.1) is 10.2 Å². The Morgan fingerprint density at radius 2 is 1.29 bits per heavy atom. The third-order valence-electron chi connectivity index (χ3n) is 6.75. The van der Waals surface area contributed by atoms with Crippen LogP contribution >= 0.6 is 0 Å². The van der Waals surface area contributed by atoms with Crippen molar-refractivity contribution in [3.8, 4) is 11.5 Å². The first-order chi connectivity index (χ1) is 18.7. The average molecular weight is 512 g/mol. The molecule has 194 valence electrons. The van der Waals surface area contributed by atoms with E-state index in [9.17, 15) is 0 Å². The van der Waals surface area contributed by atoms with Gasteiger partial charge in [0.1, 0.15) is 36.1 Å². The Kier molecular flexibility index (Phi) is 6.71. The van der Waals surface area contributed by atoms with E-state index >= 15 is 0 Å². The first-order valence-electron chi connectivity index (χ1n) is 12.6. The number of fused-ring (bicyclic) bond motifs is 1. The molecule has 0 unspecified atom stereocenters. The van der Waals surface area contributed by atoms with Gasteiger partial charge in [0.2, 0.25) is 0 Å². The lowest BCUT2D eigenvalue weighted by molar-refractivity contribution is 0.224. The van der Waals surface area contributed by atoms with Crippen LogP contribution < -0.4 is 15.2 Å². The Labute approximate surface area is 219 Å². The smallest absolute Gasteiger partial charge is 0.197 e. The van der Waals surface area contributed by atoms with Crippen molar-refractivity contribution in [3.63, 3.8) is 0 Å². The Hall–Kier alpha value is -4.67. The number of ether oxygens (including phenoxy) is 2. The molecule has 0 saturated carbocycles. The molecular weight excluding hydrogens is 482 g/mol. The van der Waals surface area contributed by atoms with Crippen molar-refractivity contribution in [2.75, 3.05) is 5.73 Å². The number of nitrogens with one attached hydrogen (secondary N) is 1. The van der Waals surface area contributed by atoms with Gasteiger partial charge in [-0.25, -0.2) is 4.98 Å². The lowest BCUT2D eigenvalue weighted by Crippen LogP contribution is -2.32. The SMILES string of the molecule is Nc1nc2c([nH]1)C[C@@H](Cn1cc(COc3ccccc3)nn1)[C@H](Cn1cc(COc3ccccc3)nn1)C2. The van der Waals surface area contributed by atoms with Crippen LogP contribution in [0.15, 0.2) is 73.1 Å². The zero-order valence-corrected chi connectivity index (χ0v) is 20.8. The molecule has 0 aliphatic heterocycles. The molecule has 6 rings (SSSR count). The summed E-state index contributed by atoms with van der Waals surface area (Å²) in [6, 6.07) is 19.4. The second-order valence-electron chi connectivity index (χ2n) is 9.54. The van der Waals surface area contributed by atoms with Crippen molar-refractivity contribution >= 4 is 5.95 Å². The maximum atomic E-state index is 5.97. The van der Waals surface area contributed by atoms with Crippen molar-refractivity contribution < 1.29 is 9.47 Å². The van der Waals surface area contributed by atoms with Crippen LogP contribution in [0.5, 0.6) is 11.5 Å². The first-order valence-corrected chi connectivity index (χ1v) is 12.6. The van der Waals surface area contributed by atoms with Gasteiger partial charge in [-0.05, 0) is 48.9 Å². The standard InChI is InChI=1S/C27H29N9O2/c28-27-29-25-11-19(13-35-15-21(31-33-35)17-37-23-7-3-1-4-8-23)20(12-26(25)30-27)14-36-16-22(32-34-36)18-38-24-9-5-2-6-10-24/h1-10,15-16,19-20H,11-14,17-18H2,(H3,28,29,30)/t19-,20-/m0/s1. The van der Waals surface area contributed by atoms with Crippen LogP contribution in [-0.4, -0.2) is 40.0 Å². The van der Waals surface area contributed by atoms with Crippen molar-refractivity contribution in [1.29, 1.82) is 0 Å². The molecule has 11 heteroatoms. The summed E-state index contributed by atoms with van der Waals surface area (Å²) in [6.45, 7) is 2.14. The first kappa shape index (κ1) is 23.7. The van der Waals surface area contributed by atoms with E-state index in [-0.39, 0.29) is 11.8 Å². The molecule has 0 fully saturated rings. The molecule has 1 aliphatic carbocycles. The van der Waals surface area contributed by atoms with E-state index in [2.05, 4.69) is 30.6 Å². The molecule has 2 aromatic carbocycles. The molecular formula is C27H29N9O2. The lowest BCUT2D eigenvalue weighted by atomic mass is 9.79. The van der Waals surface area contributed by atoms with E-state index in [0.29, 0.717) is 32.3 Å². The Bertz CT molecular complexity index is 1350. The average Bonchev–Trinajstić information content (AvgIpc) is 3.67. The molecule has 0 amide bonds. The van der Waals surface area contributed by atoms with E-state index < -0.39 is 0 Å². The largest absolute Gasteiger partial charge is 0.487 e. The molecule has 3 heterocycles. The quantitative estimate of drug-likeness (QED) is 0.292. The van der Waals surface area contributed by atoms with Gasteiger partial charge in [-0.2, -0.15) is 0 Å². The lowest BCUT2D eigenvalue weighted by Gasteiger charge is -2.30. The number of para-hydroxylation sites is 2. The highest BCUT2D eigenvalue weighted by molar-refractivity contribution is 5.29. The fourth-order valence-corrected chi connectivity index (χ4v) is 4.89. The number of benzene rings is 2. The number of aromatic amines is 1. The molecule has 0 radical (unpaired) electrons. The van der Waals surface area contributed by atoms with Gasteiger partial charge in [-0.3, -0.25) is 9.36 Å². The molecule has 3 N–H and O–H groups in total. The third kappa shape index (κ3) is 5.66. The topological polar surface area (TPSA) is 135 Å². The third-order valence-corrected chi connectivity index (χ3v) is 6.75. The van der Waals surface area contributed by atoms with E-state index in [4.69, 9.17) is 15.2 Å². The molecule has 5 aromatic rings. The summed E-state index contributed by atoms with van der Waals surface area (Å²) in [5.41, 5.74) is 9.65. The fourth-order valence-electron chi connectivity index (χ4n) is 4.89. The van der Waals surface area contributed by atoms with Gasteiger partial charge in [0.15, 0.2) is 5.95 Å². The molecule has 2 atom stereocenters. The van der Waals surface area contributed by atoms with Crippen LogP contribution in [-0.2, 0) is 39.1 Å². The molecule has 1 aliphatic rings. The number of nitrogens with two attached hydrogens (primary N) is 1. The number of imidazole rings is 1. The predicted octanol–water partition coefficient (Wildman–Crippen LogP) is 3.06. The Morgan fingerprint density at radius 3 is 1.84 bits per heavy atom. The summed E-state index contributed by atoms with van der Waals surface area (Å²) in [4.78, 5) is 7.74. The highest BCUT2D eigenvalue weighted by Crippen LogP contribution is 2.32. The molecule has 11 nitrogen and oxygen atoms in total. The molecule has 0 bridgehead atoms. The van der Waals surface area contributed by atoms with Crippen LogP contribution in [0.1, 0.15) is 22.8 Å². The second-order valence-corrected chi connectivity index (χ2v) is 9.54. The number of aromatic nitrogens is 8. The Morgan fingerprint density at radius 1 is 0.763 bits per heavy atom. The summed E-state index contributed by atoms with van der Waals surface area (Å²) in [7, 11) is 0. The van der Waals surface area contributed by atoms with E-state index in [0.717, 1.165) is 47.1 Å². The summed E-state index contributed by atoms with van der Waals surface area (Å²) in [6.07, 6.45) is 5.51. The van der Waals surface area contributed by atoms with Crippen LogP contribution in [0.4, 0.5) is 5.95 Å². The highest BCUT2D eigenvalue weighted by atomic mass is 16.5. The number of nitrogen functional groups attached to an aromatic ring is 1. The van der Waals surface area contributed by atoms with Gasteiger partial charge in [0.25, 0.3) is 0 Å². The van der Waals surface area contributed by atoms with Crippen LogP contribution in [0.3, 0.4) is 0 Å². The molecule has 38 heavy (non-hydrogen) atoms. The van der Waals surface area contributed by atoms with Gasteiger partial charge < -0.3 is 20.2 Å². The van der Waals surface area contributed by atoms with Crippen LogP contribution in [0.25, 0.3) is 0 Å². The minimum absolute atomic E-state index is 0.267. The number of H-pyrrole nitrogens is 1. The van der Waals surface area contributed by atoms with Crippen molar-refractivity contribution in [2.45, 2.75) is 39.1 Å². The number of rotatable bonds is 10. The van der Waals surface area contributed by atoms with E-state index in [1.807, 2.05) is 82.4 Å². The van der Waals surface area contributed by atoms with E-state index in [1.54, 1.807) is 0 Å². The number of hydrogen-bond acceptors (Lipinski definition) is 8. The molecule has 0 spiro atoms. The van der Waals surface area contributed by atoms with Crippen LogP contribution in [0.2, 0.25) is 0 Å². The summed E-state index contributed by atoms with van der Waals surface area (Å²) < 4.78 is 15.4. The normalized spacial score (nSPS) is 16.7. The van der Waals surface area contributed by atoms with Gasteiger partial charge >= 0.3 is 0 Å². The second kappa shape index (κ2) is 10.8. The number of anilines is 1. The maximum Gasteiger partial charge on any atom is 0.197 e. The summed E-state index contributed by atoms with van der Waals surface area (Å²) >= 11 is 0. The van der Waals surface area contributed by atoms with Gasteiger partial charge in [0.05, 0.1) is 18.1 Å². The highest BCUT2D eigenvalue weighted by Gasteiger charge is 2.32. The van der Waals surface area contributed by atoms with Crippen molar-refractivity contribution in [1.82, 2.24) is 40.0 Å². The van der Waals surface area contributed by atoms with E-state index in [1.165, 1.54) is 0 Å². The number of nitrogens with zero attached hydrogens (tertiary/aromatic N) is 7. The molecule has 3 aromatic heterocycles. The Balaban J connectivity index is 1.12. The predicted molar refractivity (Wildman–Crippen MR) is 139 cm³/mol. The zero-order valence-electron chi connectivity index (χ0n) is 20.8. The minimum Gasteiger partial charge on any atom is -0.487 e. The minimum atomic E-state index is 0.267.